The number of urea groups is 1. The summed E-state index contributed by atoms with van der Waals surface area (Å²) >= 11 is 5.83. The summed E-state index contributed by atoms with van der Waals surface area (Å²) in [6, 6.07) is 3.94. The molecule has 1 rings (SSSR count). The largest absolute Gasteiger partial charge is 0.478 e. The van der Waals surface area contributed by atoms with E-state index in [1.165, 1.54) is 18.2 Å². The van der Waals surface area contributed by atoms with Crippen molar-refractivity contribution in [3.63, 3.8) is 0 Å². The number of hydrogen-bond acceptors (Lipinski definition) is 3. The minimum atomic E-state index is -1.10. The number of hydrogen-bond donors (Lipinski definition) is 3. The van der Waals surface area contributed by atoms with Gasteiger partial charge in [-0.3, -0.25) is 0 Å². The second-order valence-corrected chi connectivity index (χ2v) is 5.30. The van der Waals surface area contributed by atoms with Crippen LogP contribution in [0.25, 0.3) is 0 Å². The Balaban J connectivity index is 2.38. The molecular weight excluding hydrogens is 294 g/mol. The Labute approximate surface area is 129 Å². The van der Waals surface area contributed by atoms with E-state index in [0.29, 0.717) is 12.2 Å². The summed E-state index contributed by atoms with van der Waals surface area (Å²) in [4.78, 5) is 24.6. The van der Waals surface area contributed by atoms with E-state index in [0.717, 1.165) is 19.4 Å². The first-order valence-electron chi connectivity index (χ1n) is 6.62. The molecule has 0 aliphatic rings. The summed E-state index contributed by atoms with van der Waals surface area (Å²) < 4.78 is 0. The van der Waals surface area contributed by atoms with Crippen molar-refractivity contribution in [2.45, 2.75) is 12.8 Å². The molecule has 1 aromatic rings. The van der Waals surface area contributed by atoms with Crippen LogP contribution in [0.1, 0.15) is 23.2 Å². The van der Waals surface area contributed by atoms with Crippen molar-refractivity contribution in [2.24, 2.45) is 0 Å². The van der Waals surface area contributed by atoms with Crippen molar-refractivity contribution in [1.29, 1.82) is 0 Å². The van der Waals surface area contributed by atoms with E-state index in [-0.39, 0.29) is 16.6 Å². The number of carboxylic acids is 1. The molecule has 1 aromatic carbocycles. The average molecular weight is 314 g/mol. The van der Waals surface area contributed by atoms with Gasteiger partial charge in [0.25, 0.3) is 0 Å². The summed E-state index contributed by atoms with van der Waals surface area (Å²) in [5.74, 6) is -1.10. The molecule has 0 radical (unpaired) electrons. The maximum Gasteiger partial charge on any atom is 0.337 e. The standard InChI is InChI=1S/C14H20ClN3O3/c1-18(2)8-4-3-7-16-14(21)17-10-5-6-11(13(19)20)12(15)9-10/h5-6,9H,3-4,7-8H2,1-2H3,(H,19,20)(H2,16,17,21). The van der Waals surface area contributed by atoms with E-state index in [1.54, 1.807) is 0 Å². The first-order valence-corrected chi connectivity index (χ1v) is 7.00. The predicted octanol–water partition coefficient (Wildman–Crippen LogP) is 2.50. The highest BCUT2D eigenvalue weighted by Gasteiger charge is 2.09. The number of nitrogens with zero attached hydrogens (tertiary/aromatic N) is 1. The van der Waals surface area contributed by atoms with E-state index >= 15 is 0 Å². The Bertz CT molecular complexity index is 506. The molecule has 0 atom stereocenters. The summed E-state index contributed by atoms with van der Waals surface area (Å²) in [5.41, 5.74) is 0.460. The van der Waals surface area contributed by atoms with Crippen LogP contribution in [0.15, 0.2) is 18.2 Å². The maximum atomic E-state index is 11.6. The predicted molar refractivity (Wildman–Crippen MR) is 83.2 cm³/mol. The zero-order valence-electron chi connectivity index (χ0n) is 12.1. The van der Waals surface area contributed by atoms with Crippen LogP contribution in [0.3, 0.4) is 0 Å². The van der Waals surface area contributed by atoms with Crippen molar-refractivity contribution in [1.82, 2.24) is 10.2 Å². The molecule has 3 N–H and O–H groups in total. The second-order valence-electron chi connectivity index (χ2n) is 4.89. The van der Waals surface area contributed by atoms with Crippen LogP contribution in [0.2, 0.25) is 5.02 Å². The van der Waals surface area contributed by atoms with Crippen LogP contribution in [0.5, 0.6) is 0 Å². The Morgan fingerprint density at radius 2 is 2.00 bits per heavy atom. The van der Waals surface area contributed by atoms with Gasteiger partial charge in [-0.15, -0.1) is 0 Å². The lowest BCUT2D eigenvalue weighted by Crippen LogP contribution is -2.30. The molecule has 6 nitrogen and oxygen atoms in total. The average Bonchev–Trinajstić information content (AvgIpc) is 2.37. The lowest BCUT2D eigenvalue weighted by Gasteiger charge is -2.10. The van der Waals surface area contributed by atoms with Crippen molar-refractivity contribution >= 4 is 29.3 Å². The molecule has 116 valence electrons. The topological polar surface area (TPSA) is 81.7 Å². The SMILES string of the molecule is CN(C)CCCCNC(=O)Nc1ccc(C(=O)O)c(Cl)c1. The van der Waals surface area contributed by atoms with Gasteiger partial charge in [-0.1, -0.05) is 11.6 Å². The zero-order valence-corrected chi connectivity index (χ0v) is 12.9. The molecule has 0 fully saturated rings. The molecule has 0 aliphatic heterocycles. The fraction of sp³-hybridized carbons (Fsp3) is 0.429. The van der Waals surface area contributed by atoms with E-state index in [2.05, 4.69) is 15.5 Å². The number of halogens is 1. The maximum absolute atomic E-state index is 11.6. The van der Waals surface area contributed by atoms with Crippen LogP contribution < -0.4 is 10.6 Å². The highest BCUT2D eigenvalue weighted by molar-refractivity contribution is 6.33. The van der Waals surface area contributed by atoms with Gasteiger partial charge in [0.05, 0.1) is 10.6 Å². The van der Waals surface area contributed by atoms with Crippen molar-refractivity contribution in [3.8, 4) is 0 Å². The number of benzene rings is 1. The Morgan fingerprint density at radius 1 is 1.29 bits per heavy atom. The molecule has 7 heteroatoms. The van der Waals surface area contributed by atoms with Gasteiger partial charge in [-0.25, -0.2) is 9.59 Å². The van der Waals surface area contributed by atoms with Gasteiger partial charge in [0, 0.05) is 12.2 Å². The first kappa shape index (κ1) is 17.3. The molecule has 0 aliphatic carbocycles. The molecule has 21 heavy (non-hydrogen) atoms. The first-order chi connectivity index (χ1) is 9.90. The summed E-state index contributed by atoms with van der Waals surface area (Å²) in [5, 5.41) is 14.3. The molecule has 0 saturated carbocycles. The fourth-order valence-electron chi connectivity index (χ4n) is 1.70. The Kier molecular flexibility index (Phi) is 6.98. The fourth-order valence-corrected chi connectivity index (χ4v) is 1.96. The highest BCUT2D eigenvalue weighted by Crippen LogP contribution is 2.20. The van der Waals surface area contributed by atoms with Crippen LogP contribution in [-0.4, -0.2) is 49.2 Å². The molecule has 0 heterocycles. The van der Waals surface area contributed by atoms with Gasteiger partial charge in [-0.2, -0.15) is 0 Å². The van der Waals surface area contributed by atoms with Crippen LogP contribution in [0.4, 0.5) is 10.5 Å². The van der Waals surface area contributed by atoms with Crippen LogP contribution in [-0.2, 0) is 0 Å². The normalized spacial score (nSPS) is 10.5. The van der Waals surface area contributed by atoms with Crippen molar-refractivity contribution < 1.29 is 14.7 Å². The van der Waals surface area contributed by atoms with Gasteiger partial charge in [0.2, 0.25) is 0 Å². The molecular formula is C14H20ClN3O3. The zero-order chi connectivity index (χ0) is 15.8. The minimum Gasteiger partial charge on any atom is -0.478 e. The summed E-state index contributed by atoms with van der Waals surface area (Å²) in [6.45, 7) is 1.57. The van der Waals surface area contributed by atoms with Gasteiger partial charge in [0.15, 0.2) is 0 Å². The van der Waals surface area contributed by atoms with Gasteiger partial charge in [-0.05, 0) is 51.7 Å². The number of carboxylic acid groups (broad SMARTS) is 1. The molecule has 0 spiro atoms. The van der Waals surface area contributed by atoms with Crippen LogP contribution >= 0.6 is 11.6 Å². The Morgan fingerprint density at radius 3 is 2.57 bits per heavy atom. The lowest BCUT2D eigenvalue weighted by atomic mass is 10.2. The van der Waals surface area contributed by atoms with Crippen molar-refractivity contribution in [2.75, 3.05) is 32.5 Å². The smallest absolute Gasteiger partial charge is 0.337 e. The third-order valence-electron chi connectivity index (χ3n) is 2.78. The number of amides is 2. The van der Waals surface area contributed by atoms with E-state index in [4.69, 9.17) is 16.7 Å². The summed E-state index contributed by atoms with van der Waals surface area (Å²) in [6.07, 6.45) is 1.90. The van der Waals surface area contributed by atoms with Gasteiger partial charge in [0.1, 0.15) is 0 Å². The number of anilines is 1. The molecule has 0 unspecified atom stereocenters. The second kappa shape index (κ2) is 8.49. The minimum absolute atomic E-state index is 0.00584. The Hall–Kier alpha value is -1.79. The van der Waals surface area contributed by atoms with Crippen LogP contribution in [0, 0.1) is 0 Å². The quantitative estimate of drug-likeness (QED) is 0.676. The number of aromatic carboxylic acids is 1. The molecule has 0 saturated heterocycles. The lowest BCUT2D eigenvalue weighted by molar-refractivity contribution is 0.0697. The summed E-state index contributed by atoms with van der Waals surface area (Å²) in [7, 11) is 4.01. The van der Waals surface area contributed by atoms with Gasteiger partial charge >= 0.3 is 12.0 Å². The number of unbranched alkanes of at least 4 members (excludes halogenated alkanes) is 1. The van der Waals surface area contributed by atoms with E-state index in [9.17, 15) is 9.59 Å². The number of carbonyl (C=O) groups excluding carboxylic acids is 1. The number of rotatable bonds is 7. The monoisotopic (exact) mass is 313 g/mol. The molecule has 0 aromatic heterocycles. The third kappa shape index (κ3) is 6.46. The number of carbonyl (C=O) groups is 2. The van der Waals surface area contributed by atoms with Crippen molar-refractivity contribution in [3.05, 3.63) is 28.8 Å². The third-order valence-corrected chi connectivity index (χ3v) is 3.09. The number of nitrogens with one attached hydrogen (secondary N) is 2. The highest BCUT2D eigenvalue weighted by atomic mass is 35.5. The molecule has 0 bridgehead atoms. The molecule has 2 amide bonds. The van der Waals surface area contributed by atoms with E-state index < -0.39 is 5.97 Å². The van der Waals surface area contributed by atoms with E-state index in [1.807, 2.05) is 14.1 Å². The van der Waals surface area contributed by atoms with Gasteiger partial charge < -0.3 is 20.6 Å².